The van der Waals surface area contributed by atoms with E-state index >= 15 is 0 Å². The zero-order valence-corrected chi connectivity index (χ0v) is 50.2. The summed E-state index contributed by atoms with van der Waals surface area (Å²) in [7, 11) is 1.44. The quantitative estimate of drug-likeness (QED) is 0.0205. The summed E-state index contributed by atoms with van der Waals surface area (Å²) in [4.78, 5) is 37.6. The van der Waals surface area contributed by atoms with Crippen molar-refractivity contribution in [2.75, 3.05) is 40.9 Å². The SMILES string of the molecule is CC/C=C/C/C=C/C/C=C/C/C=C/C/C=C/CCC(=O)NC(COP(=O)(O)OCC[N+](C)(C)C)C(/C=C/CCCCCCCCCCCC)OC(=O)CCCCCCCCCCCCC/C=C\C/C=C\CCCCC. The van der Waals surface area contributed by atoms with Crippen LogP contribution in [-0.4, -0.2) is 74.3 Å². The summed E-state index contributed by atoms with van der Waals surface area (Å²) in [6.45, 7) is 6.81. The second kappa shape index (κ2) is 54.3. The van der Waals surface area contributed by atoms with Gasteiger partial charge in [-0.25, -0.2) is 4.57 Å². The van der Waals surface area contributed by atoms with Crippen molar-refractivity contribution in [3.05, 3.63) is 97.2 Å². The van der Waals surface area contributed by atoms with Crippen LogP contribution in [0.15, 0.2) is 97.2 Å². The maximum Gasteiger partial charge on any atom is 0.472 e. The van der Waals surface area contributed by atoms with E-state index in [1.165, 1.54) is 135 Å². The Morgan fingerprint density at radius 2 is 0.867 bits per heavy atom. The van der Waals surface area contributed by atoms with Crippen LogP contribution in [0.3, 0.4) is 0 Å². The molecule has 0 aromatic heterocycles. The Labute approximate surface area is 462 Å². The van der Waals surface area contributed by atoms with Crippen molar-refractivity contribution in [3.8, 4) is 0 Å². The van der Waals surface area contributed by atoms with Gasteiger partial charge in [0.1, 0.15) is 19.3 Å². The summed E-state index contributed by atoms with van der Waals surface area (Å²) in [6.07, 6.45) is 72.8. The molecular formula is C65H116N2O7P+. The first-order chi connectivity index (χ1) is 36.4. The molecule has 3 atom stereocenters. The monoisotopic (exact) mass is 1070 g/mol. The molecule has 1 amide bonds. The smallest absolute Gasteiger partial charge is 0.456 e. The standard InChI is InChI=1S/C65H115N2O7P/c1-7-10-13-16-19-22-25-28-30-32-33-34-35-36-38-40-43-46-49-52-55-58-65(69)74-63(56-53-50-47-44-41-27-24-21-18-15-12-9-3)62(61-73-75(70,71)72-60-59-67(4,5)6)66-64(68)57-54-51-48-45-42-39-37-31-29-26-23-20-17-14-11-8-2/h11,14,19-20,22-23,28-31,39,42,48,51,53,56,62-63H,7-10,12-13,15-18,21,24-27,32-38,40-41,43-47,49-50,52,54-55,57-61H2,1-6H3,(H-,66,68,70,71)/p+1/b14-11+,22-19-,23-20+,30-28-,31-29+,42-39+,51-48+,56-53+. The fraction of sp³-hybridized carbons (Fsp3) is 0.723. The van der Waals surface area contributed by atoms with E-state index in [1.807, 2.05) is 39.4 Å². The van der Waals surface area contributed by atoms with Gasteiger partial charge in [0.25, 0.3) is 0 Å². The lowest BCUT2D eigenvalue weighted by molar-refractivity contribution is -0.870. The molecule has 0 saturated carbocycles. The van der Waals surface area contributed by atoms with Crippen molar-refractivity contribution >= 4 is 19.7 Å². The average Bonchev–Trinajstić information content (AvgIpc) is 3.37. The Hall–Kier alpha value is -3.07. The molecule has 75 heavy (non-hydrogen) atoms. The Morgan fingerprint density at radius 1 is 0.480 bits per heavy atom. The van der Waals surface area contributed by atoms with Crippen LogP contribution in [0.25, 0.3) is 0 Å². The second-order valence-electron chi connectivity index (χ2n) is 21.5. The number of rotatable bonds is 54. The average molecular weight is 1070 g/mol. The number of ether oxygens (including phenoxy) is 1. The highest BCUT2D eigenvalue weighted by Gasteiger charge is 2.30. The van der Waals surface area contributed by atoms with Gasteiger partial charge in [0.05, 0.1) is 33.8 Å². The van der Waals surface area contributed by atoms with Crippen LogP contribution >= 0.6 is 7.82 Å². The molecule has 2 N–H and O–H groups in total. The first kappa shape index (κ1) is 71.9. The van der Waals surface area contributed by atoms with E-state index < -0.39 is 20.0 Å². The number of carbonyl (C=O) groups is 2. The summed E-state index contributed by atoms with van der Waals surface area (Å²) in [5, 5.41) is 3.00. The van der Waals surface area contributed by atoms with Crippen molar-refractivity contribution in [2.24, 2.45) is 0 Å². The summed E-state index contributed by atoms with van der Waals surface area (Å²) >= 11 is 0. The molecule has 0 aromatic carbocycles. The van der Waals surface area contributed by atoms with Gasteiger partial charge in [-0.3, -0.25) is 18.6 Å². The number of quaternary nitrogens is 1. The first-order valence-corrected chi connectivity index (χ1v) is 32.1. The molecule has 0 bridgehead atoms. The van der Waals surface area contributed by atoms with Crippen LogP contribution in [0, 0.1) is 0 Å². The third-order valence-electron chi connectivity index (χ3n) is 13.0. The zero-order valence-electron chi connectivity index (χ0n) is 49.3. The Bertz CT molecular complexity index is 1610. The Balaban J connectivity index is 5.34. The number of unbranched alkanes of at least 4 members (excludes halogenated alkanes) is 24. The lowest BCUT2D eigenvalue weighted by atomic mass is 10.0. The first-order valence-electron chi connectivity index (χ1n) is 30.6. The molecule has 3 unspecified atom stereocenters. The summed E-state index contributed by atoms with van der Waals surface area (Å²) in [5.74, 6) is -0.606. The molecule has 0 aromatic rings. The van der Waals surface area contributed by atoms with Crippen LogP contribution in [0.1, 0.15) is 252 Å². The van der Waals surface area contributed by atoms with E-state index in [9.17, 15) is 19.0 Å². The third-order valence-corrected chi connectivity index (χ3v) is 14.0. The highest BCUT2D eigenvalue weighted by Crippen LogP contribution is 2.43. The number of phosphoric ester groups is 1. The number of carbonyl (C=O) groups excluding carboxylic acids is 2. The molecule has 10 heteroatoms. The topological polar surface area (TPSA) is 111 Å². The van der Waals surface area contributed by atoms with Crippen molar-refractivity contribution in [1.29, 1.82) is 0 Å². The zero-order chi connectivity index (χ0) is 55.0. The molecule has 432 valence electrons. The maximum atomic E-state index is 13.5. The van der Waals surface area contributed by atoms with Crippen LogP contribution in [0.5, 0.6) is 0 Å². The van der Waals surface area contributed by atoms with Gasteiger partial charge in [-0.2, -0.15) is 0 Å². The lowest BCUT2D eigenvalue weighted by Gasteiger charge is -2.27. The molecule has 0 aliphatic rings. The number of nitrogens with one attached hydrogen (secondary N) is 1. The number of esters is 1. The minimum absolute atomic E-state index is 0.0228. The second-order valence-corrected chi connectivity index (χ2v) is 22.9. The highest BCUT2D eigenvalue weighted by molar-refractivity contribution is 7.47. The number of hydrogen-bond acceptors (Lipinski definition) is 6. The number of hydrogen-bond donors (Lipinski definition) is 2. The van der Waals surface area contributed by atoms with E-state index in [1.54, 1.807) is 0 Å². The molecule has 0 aliphatic heterocycles. The lowest BCUT2D eigenvalue weighted by Crippen LogP contribution is -2.47. The molecular weight excluding hydrogens is 952 g/mol. The predicted octanol–water partition coefficient (Wildman–Crippen LogP) is 18.8. The Morgan fingerprint density at radius 3 is 1.33 bits per heavy atom. The van der Waals surface area contributed by atoms with Gasteiger partial charge in [-0.15, -0.1) is 0 Å². The van der Waals surface area contributed by atoms with Gasteiger partial charge in [0.15, 0.2) is 0 Å². The summed E-state index contributed by atoms with van der Waals surface area (Å²) in [6, 6.07) is -0.893. The van der Waals surface area contributed by atoms with E-state index in [0.717, 1.165) is 77.0 Å². The molecule has 0 saturated heterocycles. The van der Waals surface area contributed by atoms with Crippen LogP contribution in [0.2, 0.25) is 0 Å². The summed E-state index contributed by atoms with van der Waals surface area (Å²) < 4.78 is 30.6. The normalized spacial score (nSPS) is 14.4. The van der Waals surface area contributed by atoms with E-state index in [4.69, 9.17) is 13.8 Å². The number of allylic oxidation sites excluding steroid dienone is 15. The van der Waals surface area contributed by atoms with Crippen LogP contribution in [-0.2, 0) is 27.9 Å². The van der Waals surface area contributed by atoms with Gasteiger partial charge in [-0.1, -0.05) is 240 Å². The largest absolute Gasteiger partial charge is 0.472 e. The number of phosphoric acid groups is 1. The van der Waals surface area contributed by atoms with Gasteiger partial charge in [0, 0.05) is 12.8 Å². The third kappa shape index (κ3) is 55.5. The molecule has 0 heterocycles. The van der Waals surface area contributed by atoms with Gasteiger partial charge < -0.3 is 19.4 Å². The number of likely N-dealkylation sites (N-methyl/N-ethyl adjacent to an activating group) is 1. The maximum absolute atomic E-state index is 13.5. The summed E-state index contributed by atoms with van der Waals surface area (Å²) in [5.41, 5.74) is 0. The van der Waals surface area contributed by atoms with E-state index in [0.29, 0.717) is 17.4 Å². The minimum atomic E-state index is -4.47. The molecule has 0 aliphatic carbocycles. The van der Waals surface area contributed by atoms with E-state index in [-0.39, 0.29) is 37.9 Å². The molecule has 0 radical (unpaired) electrons. The van der Waals surface area contributed by atoms with Crippen molar-refractivity contribution in [3.63, 3.8) is 0 Å². The predicted molar refractivity (Wildman–Crippen MR) is 323 cm³/mol. The molecule has 0 spiro atoms. The molecule has 0 fully saturated rings. The van der Waals surface area contributed by atoms with Crippen molar-refractivity contribution in [2.45, 2.75) is 264 Å². The van der Waals surface area contributed by atoms with Gasteiger partial charge >= 0.3 is 13.8 Å². The fourth-order valence-electron chi connectivity index (χ4n) is 8.31. The Kier molecular flexibility index (Phi) is 52.1. The van der Waals surface area contributed by atoms with Crippen molar-refractivity contribution < 1.29 is 37.3 Å². The fourth-order valence-corrected chi connectivity index (χ4v) is 9.05. The van der Waals surface area contributed by atoms with Crippen LogP contribution in [0.4, 0.5) is 0 Å². The van der Waals surface area contributed by atoms with Gasteiger partial charge in [-0.05, 0) is 96.0 Å². The van der Waals surface area contributed by atoms with Gasteiger partial charge in [0.2, 0.25) is 5.91 Å². The van der Waals surface area contributed by atoms with Crippen LogP contribution < -0.4 is 5.32 Å². The molecule has 9 nitrogen and oxygen atoms in total. The van der Waals surface area contributed by atoms with Crippen molar-refractivity contribution in [1.82, 2.24) is 5.32 Å². The highest BCUT2D eigenvalue weighted by atomic mass is 31.2. The number of amides is 1. The minimum Gasteiger partial charge on any atom is -0.456 e. The molecule has 0 rings (SSSR count). The van der Waals surface area contributed by atoms with E-state index in [2.05, 4.69) is 105 Å². The number of nitrogens with zero attached hydrogens (tertiary/aromatic N) is 1.